The summed E-state index contributed by atoms with van der Waals surface area (Å²) >= 11 is 0. The third kappa shape index (κ3) is 5.09. The van der Waals surface area contributed by atoms with E-state index in [9.17, 15) is 9.18 Å². The van der Waals surface area contributed by atoms with E-state index in [-0.39, 0.29) is 11.7 Å². The van der Waals surface area contributed by atoms with Crippen LogP contribution in [0, 0.1) is 19.7 Å². The lowest BCUT2D eigenvalue weighted by atomic mass is 10.1. The van der Waals surface area contributed by atoms with Crippen molar-refractivity contribution >= 4 is 5.91 Å². The van der Waals surface area contributed by atoms with Crippen LogP contribution >= 0.6 is 0 Å². The number of aromatic nitrogens is 2. The molecule has 0 saturated heterocycles. The van der Waals surface area contributed by atoms with Gasteiger partial charge < -0.3 is 10.6 Å². The van der Waals surface area contributed by atoms with Gasteiger partial charge >= 0.3 is 0 Å². The Hall–Kier alpha value is -2.99. The van der Waals surface area contributed by atoms with Gasteiger partial charge in [0, 0.05) is 36.5 Å². The van der Waals surface area contributed by atoms with Crippen molar-refractivity contribution in [1.82, 2.24) is 20.4 Å². The van der Waals surface area contributed by atoms with Crippen LogP contribution < -0.4 is 10.6 Å². The molecular formula is C23H27FN4O. The lowest BCUT2D eigenvalue weighted by Gasteiger charge is -2.09. The Bertz CT molecular complexity index is 979. The van der Waals surface area contributed by atoms with Crippen LogP contribution in [-0.2, 0) is 13.1 Å². The lowest BCUT2D eigenvalue weighted by Crippen LogP contribution is -2.24. The molecule has 0 fully saturated rings. The number of nitrogens with one attached hydrogen (secondary N) is 2. The van der Waals surface area contributed by atoms with Gasteiger partial charge in [0.1, 0.15) is 5.82 Å². The molecule has 0 aliphatic carbocycles. The summed E-state index contributed by atoms with van der Waals surface area (Å²) in [5.41, 5.74) is 5.64. The van der Waals surface area contributed by atoms with Gasteiger partial charge in [0.2, 0.25) is 0 Å². The van der Waals surface area contributed by atoms with E-state index >= 15 is 0 Å². The van der Waals surface area contributed by atoms with Crippen molar-refractivity contribution < 1.29 is 9.18 Å². The summed E-state index contributed by atoms with van der Waals surface area (Å²) in [6, 6.07) is 14.0. The van der Waals surface area contributed by atoms with Crippen LogP contribution in [0.5, 0.6) is 0 Å². The van der Waals surface area contributed by atoms with Gasteiger partial charge in [0.15, 0.2) is 0 Å². The number of benzene rings is 2. The zero-order valence-electron chi connectivity index (χ0n) is 17.1. The highest BCUT2D eigenvalue weighted by atomic mass is 19.1. The average Bonchev–Trinajstić information content (AvgIpc) is 3.01. The number of aryl methyl sites for hydroxylation is 1. The zero-order chi connectivity index (χ0) is 20.8. The van der Waals surface area contributed by atoms with Gasteiger partial charge in [-0.15, -0.1) is 0 Å². The Balaban J connectivity index is 1.65. The predicted octanol–water partition coefficient (Wildman–Crippen LogP) is 4.06. The van der Waals surface area contributed by atoms with Crippen molar-refractivity contribution in [2.45, 2.75) is 40.3 Å². The normalized spacial score (nSPS) is 10.9. The van der Waals surface area contributed by atoms with E-state index in [1.54, 1.807) is 12.1 Å². The number of halogens is 1. The first-order valence-electron chi connectivity index (χ1n) is 9.88. The molecule has 0 saturated carbocycles. The Morgan fingerprint density at radius 3 is 2.59 bits per heavy atom. The van der Waals surface area contributed by atoms with Crippen LogP contribution in [0.1, 0.15) is 46.2 Å². The van der Waals surface area contributed by atoms with Crippen molar-refractivity contribution in [3.8, 4) is 5.69 Å². The molecule has 0 unspecified atom stereocenters. The molecule has 6 heteroatoms. The molecule has 2 aromatic carbocycles. The van der Waals surface area contributed by atoms with Gasteiger partial charge in [-0.25, -0.2) is 9.07 Å². The predicted molar refractivity (Wildman–Crippen MR) is 113 cm³/mol. The van der Waals surface area contributed by atoms with Crippen LogP contribution in [0.3, 0.4) is 0 Å². The van der Waals surface area contributed by atoms with Crippen LogP contribution in [-0.4, -0.2) is 22.2 Å². The molecule has 1 amide bonds. The summed E-state index contributed by atoms with van der Waals surface area (Å²) in [5.74, 6) is -0.302. The first-order valence-corrected chi connectivity index (χ1v) is 9.88. The van der Waals surface area contributed by atoms with Gasteiger partial charge in [-0.3, -0.25) is 4.79 Å². The van der Waals surface area contributed by atoms with Crippen molar-refractivity contribution in [1.29, 1.82) is 0 Å². The van der Waals surface area contributed by atoms with E-state index in [0.29, 0.717) is 25.2 Å². The Morgan fingerprint density at radius 1 is 1.10 bits per heavy atom. The molecule has 0 aliphatic rings. The fourth-order valence-electron chi connectivity index (χ4n) is 3.26. The second kappa shape index (κ2) is 9.47. The first-order chi connectivity index (χ1) is 14.0. The first kappa shape index (κ1) is 20.7. The second-order valence-corrected chi connectivity index (χ2v) is 7.10. The van der Waals surface area contributed by atoms with E-state index in [1.807, 2.05) is 49.7 Å². The van der Waals surface area contributed by atoms with Gasteiger partial charge in [-0.1, -0.05) is 19.1 Å². The molecule has 0 radical (unpaired) electrons. The summed E-state index contributed by atoms with van der Waals surface area (Å²) in [6.45, 7) is 8.00. The molecule has 29 heavy (non-hydrogen) atoms. The number of nitrogens with zero attached hydrogens (tertiary/aromatic N) is 2. The van der Waals surface area contributed by atoms with Crippen molar-refractivity contribution in [3.63, 3.8) is 0 Å². The molecule has 0 atom stereocenters. The van der Waals surface area contributed by atoms with Crippen LogP contribution in [0.2, 0.25) is 0 Å². The number of carbonyl (C=O) groups is 1. The molecule has 0 bridgehead atoms. The molecule has 0 spiro atoms. The van der Waals surface area contributed by atoms with Gasteiger partial charge in [0.05, 0.1) is 11.4 Å². The summed E-state index contributed by atoms with van der Waals surface area (Å²) in [5, 5.41) is 10.9. The highest BCUT2D eigenvalue weighted by Gasteiger charge is 2.13. The fraction of sp³-hybridized carbons (Fsp3) is 0.304. The molecule has 1 heterocycles. The second-order valence-electron chi connectivity index (χ2n) is 7.10. The number of rotatable bonds is 8. The van der Waals surface area contributed by atoms with Crippen LogP contribution in [0.25, 0.3) is 5.69 Å². The highest BCUT2D eigenvalue weighted by Crippen LogP contribution is 2.18. The third-order valence-electron chi connectivity index (χ3n) is 4.87. The van der Waals surface area contributed by atoms with E-state index in [1.165, 1.54) is 12.1 Å². The summed E-state index contributed by atoms with van der Waals surface area (Å²) in [7, 11) is 0. The highest BCUT2D eigenvalue weighted by molar-refractivity contribution is 5.94. The van der Waals surface area contributed by atoms with E-state index in [0.717, 1.165) is 34.6 Å². The van der Waals surface area contributed by atoms with Crippen molar-refractivity contribution in [3.05, 3.63) is 82.4 Å². The molecular weight excluding hydrogens is 367 g/mol. The Kier molecular flexibility index (Phi) is 6.77. The molecule has 1 aromatic heterocycles. The SMILES string of the molecule is CCCNC(=O)c1cccc(CNCc2c(C)nn(-c3ccc(F)cc3)c2C)c1. The minimum absolute atomic E-state index is 0.0408. The standard InChI is InChI=1S/C23H27FN4O/c1-4-12-26-23(29)19-7-5-6-18(13-19)14-25-15-22-16(2)27-28(17(22)3)21-10-8-20(24)9-11-21/h5-11,13,25H,4,12,14-15H2,1-3H3,(H,26,29). The summed E-state index contributed by atoms with van der Waals surface area (Å²) in [4.78, 5) is 12.1. The Labute approximate surface area is 170 Å². The third-order valence-corrected chi connectivity index (χ3v) is 4.87. The van der Waals surface area contributed by atoms with Crippen LogP contribution in [0.4, 0.5) is 4.39 Å². The zero-order valence-corrected chi connectivity index (χ0v) is 17.1. The van der Waals surface area contributed by atoms with Gasteiger partial charge in [0.25, 0.3) is 5.91 Å². The number of hydrogen-bond donors (Lipinski definition) is 2. The molecule has 2 N–H and O–H groups in total. The monoisotopic (exact) mass is 394 g/mol. The summed E-state index contributed by atoms with van der Waals surface area (Å²) < 4.78 is 15.0. The van der Waals surface area contributed by atoms with E-state index in [4.69, 9.17) is 0 Å². The maximum absolute atomic E-state index is 13.2. The van der Waals surface area contributed by atoms with E-state index < -0.39 is 0 Å². The molecule has 3 rings (SSSR count). The largest absolute Gasteiger partial charge is 0.352 e. The minimum Gasteiger partial charge on any atom is -0.352 e. The molecule has 0 aliphatic heterocycles. The quantitative estimate of drug-likeness (QED) is 0.606. The van der Waals surface area contributed by atoms with E-state index in [2.05, 4.69) is 15.7 Å². The molecule has 152 valence electrons. The molecule has 3 aromatic rings. The smallest absolute Gasteiger partial charge is 0.251 e. The van der Waals surface area contributed by atoms with Crippen molar-refractivity contribution in [2.75, 3.05) is 6.54 Å². The number of amides is 1. The van der Waals surface area contributed by atoms with Gasteiger partial charge in [-0.05, 0) is 62.2 Å². The Morgan fingerprint density at radius 2 is 1.86 bits per heavy atom. The lowest BCUT2D eigenvalue weighted by molar-refractivity contribution is 0.0953. The minimum atomic E-state index is -0.261. The topological polar surface area (TPSA) is 59.0 Å². The molecule has 5 nitrogen and oxygen atoms in total. The maximum Gasteiger partial charge on any atom is 0.251 e. The van der Waals surface area contributed by atoms with Gasteiger partial charge in [-0.2, -0.15) is 5.10 Å². The van der Waals surface area contributed by atoms with Crippen LogP contribution in [0.15, 0.2) is 48.5 Å². The average molecular weight is 394 g/mol. The summed E-state index contributed by atoms with van der Waals surface area (Å²) in [6.07, 6.45) is 0.914. The maximum atomic E-state index is 13.2. The number of hydrogen-bond acceptors (Lipinski definition) is 3. The number of carbonyl (C=O) groups excluding carboxylic acids is 1. The van der Waals surface area contributed by atoms with Crippen molar-refractivity contribution in [2.24, 2.45) is 0 Å². The fourth-order valence-corrected chi connectivity index (χ4v) is 3.26.